The largest absolute Gasteiger partial charge is 0.496 e. The fourth-order valence-corrected chi connectivity index (χ4v) is 4.13. The molecule has 2 aliphatic rings. The fraction of sp³-hybridized carbons (Fsp3) is 0.650. The summed E-state index contributed by atoms with van der Waals surface area (Å²) in [7, 11) is 4.97. The Morgan fingerprint density at radius 1 is 0.923 bits per heavy atom. The Bertz CT molecular complexity index is 584. The van der Waals surface area contributed by atoms with E-state index in [1.165, 1.54) is 0 Å². The van der Waals surface area contributed by atoms with Crippen LogP contribution in [0.5, 0.6) is 11.5 Å². The molecule has 2 fully saturated rings. The number of nitrogens with zero attached hydrogens (tertiary/aromatic N) is 2. The van der Waals surface area contributed by atoms with E-state index in [1.54, 1.807) is 21.3 Å². The van der Waals surface area contributed by atoms with Crippen molar-refractivity contribution in [3.63, 3.8) is 0 Å². The highest BCUT2D eigenvalue weighted by Crippen LogP contribution is 2.31. The topological polar surface area (TPSA) is 51.2 Å². The van der Waals surface area contributed by atoms with E-state index in [-0.39, 0.29) is 5.91 Å². The molecule has 1 amide bonds. The van der Waals surface area contributed by atoms with Gasteiger partial charge in [-0.1, -0.05) is 6.07 Å². The van der Waals surface area contributed by atoms with Crippen LogP contribution in [0.3, 0.4) is 0 Å². The zero-order valence-corrected chi connectivity index (χ0v) is 16.1. The van der Waals surface area contributed by atoms with E-state index in [2.05, 4.69) is 4.90 Å². The average Bonchev–Trinajstić information content (AvgIpc) is 2.72. The highest BCUT2D eigenvalue weighted by Gasteiger charge is 2.31. The number of benzene rings is 1. The molecule has 0 radical (unpaired) electrons. The number of methoxy groups -OCH3 is 3. The Morgan fingerprint density at radius 2 is 1.50 bits per heavy atom. The van der Waals surface area contributed by atoms with E-state index in [9.17, 15) is 4.79 Å². The zero-order valence-electron chi connectivity index (χ0n) is 16.1. The van der Waals surface area contributed by atoms with Gasteiger partial charge in [0.05, 0.1) is 20.3 Å². The van der Waals surface area contributed by atoms with Gasteiger partial charge in [-0.25, -0.2) is 0 Å². The van der Waals surface area contributed by atoms with Crippen LogP contribution in [0, 0.1) is 0 Å². The van der Waals surface area contributed by atoms with Crippen molar-refractivity contribution >= 4 is 5.91 Å². The standard InChI is InChI=1S/C20H30N2O4/c1-24-16-9-13-21(14-10-16)15-7-11-22(12-8-15)20(23)19-17(25-2)5-4-6-18(19)26-3/h4-6,15-16H,7-14H2,1-3H3. The van der Waals surface area contributed by atoms with Crippen molar-refractivity contribution in [1.29, 1.82) is 0 Å². The van der Waals surface area contributed by atoms with E-state index in [0.717, 1.165) is 51.9 Å². The van der Waals surface area contributed by atoms with Gasteiger partial charge in [0.25, 0.3) is 5.91 Å². The number of ether oxygens (including phenoxy) is 3. The molecule has 6 heteroatoms. The minimum atomic E-state index is -0.00385. The molecule has 0 atom stereocenters. The molecule has 1 aromatic rings. The van der Waals surface area contributed by atoms with Crippen LogP contribution >= 0.6 is 0 Å². The number of carbonyl (C=O) groups is 1. The molecule has 2 heterocycles. The second-order valence-electron chi connectivity index (χ2n) is 7.03. The van der Waals surface area contributed by atoms with Crippen molar-refractivity contribution < 1.29 is 19.0 Å². The van der Waals surface area contributed by atoms with Gasteiger partial charge in [0.15, 0.2) is 0 Å². The van der Waals surface area contributed by atoms with Crippen molar-refractivity contribution in [2.24, 2.45) is 0 Å². The molecule has 0 unspecified atom stereocenters. The summed E-state index contributed by atoms with van der Waals surface area (Å²) in [6, 6.07) is 6.02. The van der Waals surface area contributed by atoms with Gasteiger partial charge in [-0.3, -0.25) is 4.79 Å². The lowest BCUT2D eigenvalue weighted by Crippen LogP contribution is -2.49. The van der Waals surface area contributed by atoms with Crippen molar-refractivity contribution in [1.82, 2.24) is 9.80 Å². The first-order valence-corrected chi connectivity index (χ1v) is 9.45. The molecule has 2 saturated heterocycles. The first-order valence-electron chi connectivity index (χ1n) is 9.45. The summed E-state index contributed by atoms with van der Waals surface area (Å²) in [5, 5.41) is 0. The molecular weight excluding hydrogens is 332 g/mol. The van der Waals surface area contributed by atoms with E-state index in [1.807, 2.05) is 23.1 Å². The third-order valence-corrected chi connectivity index (χ3v) is 5.72. The normalized spacial score (nSPS) is 20.2. The van der Waals surface area contributed by atoms with Gasteiger partial charge in [0.2, 0.25) is 0 Å². The highest BCUT2D eigenvalue weighted by molar-refractivity contribution is 5.99. The Balaban J connectivity index is 1.61. The number of likely N-dealkylation sites (tertiary alicyclic amines) is 2. The Morgan fingerprint density at radius 3 is 2.00 bits per heavy atom. The van der Waals surface area contributed by atoms with Crippen LogP contribution < -0.4 is 9.47 Å². The Kier molecular flexibility index (Phi) is 6.38. The van der Waals surface area contributed by atoms with E-state index in [4.69, 9.17) is 14.2 Å². The molecular formula is C20H30N2O4. The lowest BCUT2D eigenvalue weighted by molar-refractivity contribution is 0.0145. The maximum Gasteiger partial charge on any atom is 0.261 e. The lowest BCUT2D eigenvalue weighted by atomic mass is 9.98. The van der Waals surface area contributed by atoms with Crippen LogP contribution in [0.2, 0.25) is 0 Å². The zero-order chi connectivity index (χ0) is 18.5. The van der Waals surface area contributed by atoms with Gasteiger partial charge in [0, 0.05) is 39.3 Å². The third-order valence-electron chi connectivity index (χ3n) is 5.72. The Hall–Kier alpha value is -1.79. The van der Waals surface area contributed by atoms with E-state index < -0.39 is 0 Å². The van der Waals surface area contributed by atoms with Crippen LogP contribution in [-0.4, -0.2) is 75.4 Å². The highest BCUT2D eigenvalue weighted by atomic mass is 16.5. The number of hydrogen-bond donors (Lipinski definition) is 0. The summed E-state index contributed by atoms with van der Waals surface area (Å²) in [5.74, 6) is 1.13. The first-order chi connectivity index (χ1) is 12.7. The van der Waals surface area contributed by atoms with Gasteiger partial charge in [-0.2, -0.15) is 0 Å². The summed E-state index contributed by atoms with van der Waals surface area (Å²) in [6.45, 7) is 3.73. The number of carbonyl (C=O) groups excluding carboxylic acids is 1. The van der Waals surface area contributed by atoms with Gasteiger partial charge < -0.3 is 24.0 Å². The van der Waals surface area contributed by atoms with Crippen LogP contribution in [0.15, 0.2) is 18.2 Å². The third kappa shape index (κ3) is 3.96. The average molecular weight is 362 g/mol. The predicted molar refractivity (Wildman–Crippen MR) is 100 cm³/mol. The summed E-state index contributed by atoms with van der Waals surface area (Å²) < 4.78 is 16.2. The maximum atomic E-state index is 13.1. The molecule has 0 spiro atoms. The second kappa shape index (κ2) is 8.73. The molecule has 0 saturated carbocycles. The molecule has 2 aliphatic heterocycles. The SMILES string of the molecule is COc1cccc(OC)c1C(=O)N1CCC(N2CCC(OC)CC2)CC1. The van der Waals surface area contributed by atoms with Crippen molar-refractivity contribution in [2.75, 3.05) is 47.5 Å². The van der Waals surface area contributed by atoms with Gasteiger partial charge in [-0.05, 0) is 37.8 Å². The monoisotopic (exact) mass is 362 g/mol. The number of rotatable bonds is 5. The Labute approximate surface area is 156 Å². The number of amides is 1. The smallest absolute Gasteiger partial charge is 0.261 e. The molecule has 1 aromatic carbocycles. The molecule has 0 N–H and O–H groups in total. The predicted octanol–water partition coefficient (Wildman–Crippen LogP) is 2.42. The molecule has 6 nitrogen and oxygen atoms in total. The van der Waals surface area contributed by atoms with Crippen LogP contribution in [0.25, 0.3) is 0 Å². The van der Waals surface area contributed by atoms with Crippen LogP contribution in [-0.2, 0) is 4.74 Å². The lowest BCUT2D eigenvalue weighted by Gasteiger charge is -2.41. The van der Waals surface area contributed by atoms with Gasteiger partial charge >= 0.3 is 0 Å². The second-order valence-corrected chi connectivity index (χ2v) is 7.03. The summed E-state index contributed by atoms with van der Waals surface area (Å²) in [4.78, 5) is 17.6. The quantitative estimate of drug-likeness (QED) is 0.805. The van der Waals surface area contributed by atoms with Crippen LogP contribution in [0.4, 0.5) is 0 Å². The molecule has 0 aromatic heterocycles. The fourth-order valence-electron chi connectivity index (χ4n) is 4.13. The number of hydrogen-bond acceptors (Lipinski definition) is 5. The van der Waals surface area contributed by atoms with Crippen molar-refractivity contribution in [3.05, 3.63) is 23.8 Å². The maximum absolute atomic E-state index is 13.1. The molecule has 144 valence electrons. The van der Waals surface area contributed by atoms with E-state index >= 15 is 0 Å². The van der Waals surface area contributed by atoms with Gasteiger partial charge in [0.1, 0.15) is 17.1 Å². The number of piperidine rings is 2. The summed E-state index contributed by atoms with van der Waals surface area (Å²) >= 11 is 0. The first kappa shape index (κ1) is 19.0. The molecule has 3 rings (SSSR count). The molecule has 0 bridgehead atoms. The summed E-state index contributed by atoms with van der Waals surface area (Å²) in [5.41, 5.74) is 0.525. The van der Waals surface area contributed by atoms with Gasteiger partial charge in [-0.15, -0.1) is 0 Å². The molecule has 26 heavy (non-hydrogen) atoms. The summed E-state index contributed by atoms with van der Waals surface area (Å²) in [6.07, 6.45) is 4.65. The van der Waals surface area contributed by atoms with E-state index in [0.29, 0.717) is 29.2 Å². The van der Waals surface area contributed by atoms with Crippen molar-refractivity contribution in [3.8, 4) is 11.5 Å². The van der Waals surface area contributed by atoms with Crippen LogP contribution in [0.1, 0.15) is 36.0 Å². The minimum Gasteiger partial charge on any atom is -0.496 e. The molecule has 0 aliphatic carbocycles. The minimum absolute atomic E-state index is 0.00385. The van der Waals surface area contributed by atoms with Crippen molar-refractivity contribution in [2.45, 2.75) is 37.8 Å².